The fraction of sp³-hybridized carbons (Fsp3) is 0.143. The van der Waals surface area contributed by atoms with Crippen molar-refractivity contribution in [2.24, 2.45) is 0 Å². The van der Waals surface area contributed by atoms with Gasteiger partial charge in [0, 0.05) is 0 Å². The topological polar surface area (TPSA) is 60.5 Å². The number of rotatable bonds is 4. The van der Waals surface area contributed by atoms with Gasteiger partial charge in [-0.3, -0.25) is 4.79 Å². The molecule has 7 heteroatoms. The summed E-state index contributed by atoms with van der Waals surface area (Å²) in [6, 6.07) is 6.78. The van der Waals surface area contributed by atoms with Gasteiger partial charge in [0.2, 0.25) is 0 Å². The Morgan fingerprint density at radius 2 is 1.90 bits per heavy atom. The third-order valence-electron chi connectivity index (χ3n) is 2.71. The van der Waals surface area contributed by atoms with Gasteiger partial charge in [0.15, 0.2) is 0 Å². The van der Waals surface area contributed by atoms with Gasteiger partial charge in [0.05, 0.1) is 30.6 Å². The number of anilines is 1. The lowest BCUT2D eigenvalue weighted by Crippen LogP contribution is -2.14. The predicted octanol–water partition coefficient (Wildman–Crippen LogP) is 3.77. The third-order valence-corrected chi connectivity index (χ3v) is 3.84. The van der Waals surface area contributed by atoms with Gasteiger partial charge in [-0.15, -0.1) is 0 Å². The molecule has 1 N–H and O–H groups in total. The Balaban J connectivity index is 2.34. The van der Waals surface area contributed by atoms with Crippen molar-refractivity contribution in [1.29, 1.82) is 0 Å². The maximum atomic E-state index is 12.4. The summed E-state index contributed by atoms with van der Waals surface area (Å²) in [5.74, 6) is 0.487. The van der Waals surface area contributed by atoms with Crippen LogP contribution < -0.4 is 14.8 Å². The molecule has 0 fully saturated rings. The smallest absolute Gasteiger partial charge is 0.263 e. The Bertz CT molecular complexity index is 657. The lowest BCUT2D eigenvalue weighted by atomic mass is 10.1. The van der Waals surface area contributed by atoms with Crippen LogP contribution in [0.15, 0.2) is 34.9 Å². The van der Waals surface area contributed by atoms with Gasteiger partial charge >= 0.3 is 0 Å². The number of pyridine rings is 1. The third kappa shape index (κ3) is 3.46. The summed E-state index contributed by atoms with van der Waals surface area (Å²) in [6.45, 7) is 0. The first-order valence-corrected chi connectivity index (χ1v) is 7.07. The van der Waals surface area contributed by atoms with E-state index in [0.29, 0.717) is 32.4 Å². The Labute approximate surface area is 135 Å². The largest absolute Gasteiger partial charge is 0.496 e. The van der Waals surface area contributed by atoms with E-state index in [4.69, 9.17) is 21.1 Å². The van der Waals surface area contributed by atoms with Crippen molar-refractivity contribution < 1.29 is 14.3 Å². The number of nitrogens with one attached hydrogen (secondary N) is 1. The molecule has 1 amide bonds. The van der Waals surface area contributed by atoms with E-state index >= 15 is 0 Å². The number of carbonyl (C=O) groups excluding carboxylic acids is 1. The molecular weight excluding hydrogens is 360 g/mol. The van der Waals surface area contributed by atoms with Gasteiger partial charge in [-0.2, -0.15) is 0 Å². The van der Waals surface area contributed by atoms with Crippen LogP contribution in [0, 0.1) is 0 Å². The van der Waals surface area contributed by atoms with Crippen LogP contribution in [0.5, 0.6) is 11.5 Å². The summed E-state index contributed by atoms with van der Waals surface area (Å²) in [5, 5.41) is 3.05. The Morgan fingerprint density at radius 3 is 2.43 bits per heavy atom. The molecule has 110 valence electrons. The average Bonchev–Trinajstić information content (AvgIpc) is 2.49. The number of amides is 1. The SMILES string of the molecule is COc1cccc(OC)c1C(=O)Nc1cnc(Cl)c(Br)c1. The van der Waals surface area contributed by atoms with Crippen molar-refractivity contribution in [1.82, 2.24) is 4.98 Å². The molecule has 21 heavy (non-hydrogen) atoms. The first-order valence-electron chi connectivity index (χ1n) is 5.90. The molecule has 1 aromatic heterocycles. The van der Waals surface area contributed by atoms with Crippen LogP contribution in [-0.2, 0) is 0 Å². The van der Waals surface area contributed by atoms with Crippen LogP contribution in [0.4, 0.5) is 5.69 Å². The van der Waals surface area contributed by atoms with Crippen molar-refractivity contribution in [3.8, 4) is 11.5 Å². The van der Waals surface area contributed by atoms with Gasteiger partial charge in [0.1, 0.15) is 22.2 Å². The zero-order chi connectivity index (χ0) is 15.4. The van der Waals surface area contributed by atoms with Crippen LogP contribution in [0.2, 0.25) is 5.15 Å². The maximum Gasteiger partial charge on any atom is 0.263 e. The molecule has 0 bridgehead atoms. The second-order valence-electron chi connectivity index (χ2n) is 3.99. The van der Waals surface area contributed by atoms with Crippen LogP contribution >= 0.6 is 27.5 Å². The highest BCUT2D eigenvalue weighted by atomic mass is 79.9. The van der Waals surface area contributed by atoms with E-state index in [1.54, 1.807) is 24.3 Å². The van der Waals surface area contributed by atoms with E-state index in [0.717, 1.165) is 0 Å². The zero-order valence-electron chi connectivity index (χ0n) is 11.3. The van der Waals surface area contributed by atoms with Crippen molar-refractivity contribution in [2.75, 3.05) is 19.5 Å². The maximum absolute atomic E-state index is 12.4. The first-order chi connectivity index (χ1) is 10.1. The molecule has 0 aliphatic heterocycles. The van der Waals surface area contributed by atoms with Crippen molar-refractivity contribution in [3.05, 3.63) is 45.7 Å². The highest BCUT2D eigenvalue weighted by Gasteiger charge is 2.18. The number of hydrogen-bond acceptors (Lipinski definition) is 4. The molecule has 0 aliphatic carbocycles. The van der Waals surface area contributed by atoms with Gasteiger partial charge in [-0.05, 0) is 34.1 Å². The quantitative estimate of drug-likeness (QED) is 0.831. The van der Waals surface area contributed by atoms with E-state index in [9.17, 15) is 4.79 Å². The second kappa shape index (κ2) is 6.78. The minimum atomic E-state index is -0.361. The molecular formula is C14H12BrClN2O3. The summed E-state index contributed by atoms with van der Waals surface area (Å²) in [7, 11) is 2.98. The minimum absolute atomic E-state index is 0.313. The van der Waals surface area contributed by atoms with Crippen LogP contribution in [0.25, 0.3) is 0 Å². The summed E-state index contributed by atoms with van der Waals surface area (Å²) in [6.07, 6.45) is 1.47. The number of ether oxygens (including phenoxy) is 2. The summed E-state index contributed by atoms with van der Waals surface area (Å²) in [5.41, 5.74) is 0.817. The number of hydrogen-bond donors (Lipinski definition) is 1. The molecule has 0 aliphatic rings. The van der Waals surface area contributed by atoms with Crippen molar-refractivity contribution >= 4 is 39.1 Å². The summed E-state index contributed by atoms with van der Waals surface area (Å²) < 4.78 is 11.0. The Hall–Kier alpha value is -1.79. The van der Waals surface area contributed by atoms with E-state index in [-0.39, 0.29) is 5.91 Å². The standard InChI is InChI=1S/C14H12BrClN2O3/c1-20-10-4-3-5-11(21-2)12(10)14(19)18-8-6-9(15)13(16)17-7-8/h3-7H,1-2H3,(H,18,19). The molecule has 0 atom stereocenters. The van der Waals surface area contributed by atoms with Crippen molar-refractivity contribution in [2.45, 2.75) is 0 Å². The van der Waals surface area contributed by atoms with Gasteiger partial charge in [-0.1, -0.05) is 17.7 Å². The first kappa shape index (κ1) is 15.6. The highest BCUT2D eigenvalue weighted by molar-refractivity contribution is 9.10. The second-order valence-corrected chi connectivity index (χ2v) is 5.20. The van der Waals surface area contributed by atoms with Gasteiger partial charge < -0.3 is 14.8 Å². The highest BCUT2D eigenvalue weighted by Crippen LogP contribution is 2.29. The summed E-state index contributed by atoms with van der Waals surface area (Å²) >= 11 is 9.07. The number of halogens is 2. The molecule has 0 spiro atoms. The van der Waals surface area contributed by atoms with E-state index in [1.807, 2.05) is 0 Å². The average molecular weight is 372 g/mol. The monoisotopic (exact) mass is 370 g/mol. The normalized spacial score (nSPS) is 10.1. The number of carbonyl (C=O) groups is 1. The van der Waals surface area contributed by atoms with Crippen molar-refractivity contribution in [3.63, 3.8) is 0 Å². The molecule has 5 nitrogen and oxygen atoms in total. The molecule has 1 aromatic carbocycles. The van der Waals surface area contributed by atoms with E-state index in [1.165, 1.54) is 20.4 Å². The van der Waals surface area contributed by atoms with E-state index < -0.39 is 0 Å². The molecule has 1 heterocycles. The van der Waals surface area contributed by atoms with Gasteiger partial charge in [0.25, 0.3) is 5.91 Å². The lowest BCUT2D eigenvalue weighted by Gasteiger charge is -2.13. The number of benzene rings is 1. The molecule has 0 radical (unpaired) electrons. The molecule has 0 saturated carbocycles. The van der Waals surface area contributed by atoms with E-state index in [2.05, 4.69) is 26.2 Å². The minimum Gasteiger partial charge on any atom is -0.496 e. The fourth-order valence-corrected chi connectivity index (χ4v) is 2.21. The molecule has 0 saturated heterocycles. The van der Waals surface area contributed by atoms with Gasteiger partial charge in [-0.25, -0.2) is 4.98 Å². The molecule has 0 unspecified atom stereocenters. The fourth-order valence-electron chi connectivity index (χ4n) is 1.76. The predicted molar refractivity (Wildman–Crippen MR) is 84.4 cm³/mol. The zero-order valence-corrected chi connectivity index (χ0v) is 13.7. The van der Waals surface area contributed by atoms with Crippen LogP contribution in [-0.4, -0.2) is 25.1 Å². The van der Waals surface area contributed by atoms with Crippen LogP contribution in [0.1, 0.15) is 10.4 Å². The number of methoxy groups -OCH3 is 2. The molecule has 2 aromatic rings. The lowest BCUT2D eigenvalue weighted by molar-refractivity contribution is 0.102. The van der Waals surface area contributed by atoms with Crippen LogP contribution in [0.3, 0.4) is 0 Å². The number of aromatic nitrogens is 1. The Kier molecular flexibility index (Phi) is 5.03. The number of nitrogens with zero attached hydrogens (tertiary/aromatic N) is 1. The molecule has 2 rings (SSSR count). The Morgan fingerprint density at radius 1 is 1.29 bits per heavy atom. The summed E-state index contributed by atoms with van der Waals surface area (Å²) in [4.78, 5) is 16.4.